The molecule has 2 amide bonds. The van der Waals surface area contributed by atoms with Crippen LogP contribution in [0.3, 0.4) is 0 Å². The second-order valence-corrected chi connectivity index (χ2v) is 6.57. The van der Waals surface area contributed by atoms with Crippen LogP contribution in [0.5, 0.6) is 0 Å². The van der Waals surface area contributed by atoms with Gasteiger partial charge in [-0.2, -0.15) is 0 Å². The summed E-state index contributed by atoms with van der Waals surface area (Å²) in [4.78, 5) is 25.2. The third-order valence-electron chi connectivity index (χ3n) is 4.36. The van der Waals surface area contributed by atoms with E-state index in [1.54, 1.807) is 19.0 Å². The molecule has 120 valence electrons. The largest absolute Gasteiger partial charge is 0.349 e. The van der Waals surface area contributed by atoms with E-state index in [-0.39, 0.29) is 17.9 Å². The molecule has 0 unspecified atom stereocenters. The van der Waals surface area contributed by atoms with Gasteiger partial charge in [-0.3, -0.25) is 9.59 Å². The van der Waals surface area contributed by atoms with Crippen LogP contribution in [0.15, 0.2) is 18.2 Å². The number of amides is 2. The summed E-state index contributed by atoms with van der Waals surface area (Å²) in [5.74, 6) is 0.532. The molecule has 0 radical (unpaired) electrons. The maximum absolute atomic E-state index is 12.2. The van der Waals surface area contributed by atoms with Crippen molar-refractivity contribution < 1.29 is 9.59 Å². The lowest BCUT2D eigenvalue weighted by atomic mass is 10.0. The first-order valence-corrected chi connectivity index (χ1v) is 7.97. The number of benzene rings is 1. The first-order chi connectivity index (χ1) is 10.4. The first kappa shape index (κ1) is 16.5. The number of hydrogen-bond acceptors (Lipinski definition) is 2. The molecular formula is C18H26N2O2. The van der Waals surface area contributed by atoms with E-state index in [2.05, 4.69) is 37.4 Å². The zero-order valence-electron chi connectivity index (χ0n) is 14.0. The lowest BCUT2D eigenvalue weighted by molar-refractivity contribution is -0.129. The number of rotatable bonds is 5. The Morgan fingerprint density at radius 2 is 2.00 bits per heavy atom. The molecule has 1 N–H and O–H groups in total. The van der Waals surface area contributed by atoms with Crippen molar-refractivity contribution in [2.75, 3.05) is 14.1 Å². The number of carbonyl (C=O) groups excluding carboxylic acids is 2. The van der Waals surface area contributed by atoms with Crippen LogP contribution in [0.4, 0.5) is 0 Å². The summed E-state index contributed by atoms with van der Waals surface area (Å²) in [7, 11) is 3.48. The van der Waals surface area contributed by atoms with Crippen LogP contribution in [0, 0.1) is 12.8 Å². The molecule has 1 aromatic carbocycles. The molecule has 0 fully saturated rings. The van der Waals surface area contributed by atoms with Gasteiger partial charge in [-0.05, 0) is 36.8 Å². The fraction of sp³-hybridized carbons (Fsp3) is 0.556. The number of carbonyl (C=O) groups is 2. The predicted octanol–water partition coefficient (Wildman–Crippen LogP) is 2.60. The number of nitrogens with one attached hydrogen (secondary N) is 1. The Morgan fingerprint density at radius 3 is 2.68 bits per heavy atom. The molecule has 0 saturated heterocycles. The Morgan fingerprint density at radius 1 is 1.27 bits per heavy atom. The summed E-state index contributed by atoms with van der Waals surface area (Å²) >= 11 is 0. The molecule has 4 nitrogen and oxygen atoms in total. The Balaban J connectivity index is 1.90. The van der Waals surface area contributed by atoms with Gasteiger partial charge < -0.3 is 10.2 Å². The van der Waals surface area contributed by atoms with Gasteiger partial charge in [-0.25, -0.2) is 0 Å². The van der Waals surface area contributed by atoms with E-state index in [9.17, 15) is 9.59 Å². The average molecular weight is 302 g/mol. The first-order valence-electron chi connectivity index (χ1n) is 7.97. The van der Waals surface area contributed by atoms with Crippen LogP contribution in [-0.2, 0) is 16.0 Å². The zero-order chi connectivity index (χ0) is 16.3. The van der Waals surface area contributed by atoms with Crippen molar-refractivity contribution in [1.82, 2.24) is 10.2 Å². The summed E-state index contributed by atoms with van der Waals surface area (Å²) in [6.45, 7) is 4.25. The van der Waals surface area contributed by atoms with E-state index < -0.39 is 0 Å². The highest BCUT2D eigenvalue weighted by molar-refractivity contribution is 5.79. The van der Waals surface area contributed by atoms with Gasteiger partial charge in [0.05, 0.1) is 6.04 Å². The molecule has 0 bridgehead atoms. The number of hydrogen-bond donors (Lipinski definition) is 1. The monoisotopic (exact) mass is 302 g/mol. The minimum atomic E-state index is 0.0396. The summed E-state index contributed by atoms with van der Waals surface area (Å²) in [6.07, 6.45) is 2.45. The lowest BCUT2D eigenvalue weighted by Gasteiger charge is -2.19. The van der Waals surface area contributed by atoms with Crippen molar-refractivity contribution in [1.29, 1.82) is 0 Å². The molecule has 1 aliphatic carbocycles. The van der Waals surface area contributed by atoms with Gasteiger partial charge in [-0.1, -0.05) is 30.7 Å². The third kappa shape index (κ3) is 3.87. The smallest absolute Gasteiger partial charge is 0.222 e. The molecular weight excluding hydrogens is 276 g/mol. The average Bonchev–Trinajstić information content (AvgIpc) is 2.74. The maximum Gasteiger partial charge on any atom is 0.222 e. The van der Waals surface area contributed by atoms with E-state index in [4.69, 9.17) is 0 Å². The second kappa shape index (κ2) is 6.95. The van der Waals surface area contributed by atoms with E-state index in [0.29, 0.717) is 25.2 Å². The van der Waals surface area contributed by atoms with Gasteiger partial charge in [0.15, 0.2) is 0 Å². The fourth-order valence-corrected chi connectivity index (χ4v) is 3.05. The quantitative estimate of drug-likeness (QED) is 0.909. The SMILES string of the molecule is Cc1ccc2c(c1)[C@H](NC(=O)CCCC(=O)N(C)C)[C@H](C)C2. The summed E-state index contributed by atoms with van der Waals surface area (Å²) in [6, 6.07) is 6.58. The van der Waals surface area contributed by atoms with Gasteiger partial charge in [-0.15, -0.1) is 0 Å². The minimum Gasteiger partial charge on any atom is -0.349 e. The van der Waals surface area contributed by atoms with Gasteiger partial charge in [0, 0.05) is 26.9 Å². The molecule has 0 aliphatic heterocycles. The highest BCUT2D eigenvalue weighted by atomic mass is 16.2. The van der Waals surface area contributed by atoms with Crippen LogP contribution in [0.2, 0.25) is 0 Å². The normalized spacial score (nSPS) is 19.6. The number of fused-ring (bicyclic) bond motifs is 1. The van der Waals surface area contributed by atoms with Crippen LogP contribution in [0.1, 0.15) is 48.9 Å². The highest BCUT2D eigenvalue weighted by Gasteiger charge is 2.30. The molecule has 2 rings (SSSR count). The second-order valence-electron chi connectivity index (χ2n) is 6.57. The zero-order valence-corrected chi connectivity index (χ0v) is 14.0. The van der Waals surface area contributed by atoms with Gasteiger partial charge >= 0.3 is 0 Å². The predicted molar refractivity (Wildman–Crippen MR) is 87.5 cm³/mol. The maximum atomic E-state index is 12.2. The molecule has 0 aromatic heterocycles. The van der Waals surface area contributed by atoms with Gasteiger partial charge in [0.1, 0.15) is 0 Å². The molecule has 1 aromatic rings. The Kier molecular flexibility index (Phi) is 5.22. The topological polar surface area (TPSA) is 49.4 Å². The lowest BCUT2D eigenvalue weighted by Crippen LogP contribution is -2.30. The van der Waals surface area contributed by atoms with E-state index in [1.165, 1.54) is 16.7 Å². The molecule has 0 spiro atoms. The molecule has 2 atom stereocenters. The van der Waals surface area contributed by atoms with Crippen molar-refractivity contribution >= 4 is 11.8 Å². The minimum absolute atomic E-state index is 0.0396. The number of nitrogens with zero attached hydrogens (tertiary/aromatic N) is 1. The molecule has 1 aliphatic rings. The van der Waals surface area contributed by atoms with Crippen LogP contribution in [0.25, 0.3) is 0 Å². The molecule has 4 heteroatoms. The molecule has 22 heavy (non-hydrogen) atoms. The van der Waals surface area contributed by atoms with Crippen LogP contribution in [-0.4, -0.2) is 30.8 Å². The van der Waals surface area contributed by atoms with Crippen molar-refractivity contribution in [2.24, 2.45) is 5.92 Å². The Bertz CT molecular complexity index is 566. The fourth-order valence-electron chi connectivity index (χ4n) is 3.05. The molecule has 0 heterocycles. The van der Waals surface area contributed by atoms with Crippen molar-refractivity contribution in [3.63, 3.8) is 0 Å². The van der Waals surface area contributed by atoms with E-state index >= 15 is 0 Å². The summed E-state index contributed by atoms with van der Waals surface area (Å²) in [5, 5.41) is 3.15. The van der Waals surface area contributed by atoms with Crippen LogP contribution >= 0.6 is 0 Å². The van der Waals surface area contributed by atoms with E-state index in [1.807, 2.05) is 0 Å². The van der Waals surface area contributed by atoms with Crippen molar-refractivity contribution in [3.8, 4) is 0 Å². The Labute approximate surface area is 132 Å². The van der Waals surface area contributed by atoms with Gasteiger partial charge in [0.2, 0.25) is 11.8 Å². The van der Waals surface area contributed by atoms with Crippen LogP contribution < -0.4 is 5.32 Å². The summed E-state index contributed by atoms with van der Waals surface area (Å²) < 4.78 is 0. The number of aryl methyl sites for hydroxylation is 1. The van der Waals surface area contributed by atoms with E-state index in [0.717, 1.165) is 6.42 Å². The summed E-state index contributed by atoms with van der Waals surface area (Å²) in [5.41, 5.74) is 3.82. The standard InChI is InChI=1S/C18H26N2O2/c1-12-8-9-14-11-13(2)18(15(14)10-12)19-16(21)6-5-7-17(22)20(3)4/h8-10,13,18H,5-7,11H2,1-4H3,(H,19,21)/t13-,18-/m1/s1. The molecule has 0 saturated carbocycles. The van der Waals surface area contributed by atoms with Crippen molar-refractivity contribution in [2.45, 2.75) is 45.6 Å². The Hall–Kier alpha value is -1.84. The van der Waals surface area contributed by atoms with Crippen molar-refractivity contribution in [3.05, 3.63) is 34.9 Å². The highest BCUT2D eigenvalue weighted by Crippen LogP contribution is 2.36. The third-order valence-corrected chi connectivity index (χ3v) is 4.36. The van der Waals surface area contributed by atoms with Gasteiger partial charge in [0.25, 0.3) is 0 Å².